The van der Waals surface area contributed by atoms with Gasteiger partial charge in [-0.25, -0.2) is 0 Å². The van der Waals surface area contributed by atoms with Crippen molar-refractivity contribution in [3.8, 4) is 5.75 Å². The van der Waals surface area contributed by atoms with Crippen molar-refractivity contribution < 1.29 is 14.3 Å². The van der Waals surface area contributed by atoms with Gasteiger partial charge in [0.05, 0.1) is 13.2 Å². The van der Waals surface area contributed by atoms with Crippen LogP contribution >= 0.6 is 0 Å². The van der Waals surface area contributed by atoms with Gasteiger partial charge >= 0.3 is 0 Å². The van der Waals surface area contributed by atoms with Crippen LogP contribution in [-0.4, -0.2) is 54.9 Å². The molecule has 0 bridgehead atoms. The molecular weight excluding hydrogens is 438 g/mol. The Morgan fingerprint density at radius 2 is 1.80 bits per heavy atom. The molecule has 1 N–H and O–H groups in total. The first-order valence-electron chi connectivity index (χ1n) is 13.0. The molecule has 35 heavy (non-hydrogen) atoms. The monoisotopic (exact) mass is 475 g/mol. The molecule has 1 atom stereocenters. The van der Waals surface area contributed by atoms with E-state index in [1.165, 1.54) is 5.56 Å². The van der Waals surface area contributed by atoms with Gasteiger partial charge in [0.2, 0.25) is 11.8 Å². The van der Waals surface area contributed by atoms with Crippen molar-refractivity contribution in [2.75, 3.05) is 33.3 Å². The van der Waals surface area contributed by atoms with E-state index in [1.807, 2.05) is 47.4 Å². The van der Waals surface area contributed by atoms with Crippen molar-refractivity contribution in [1.29, 1.82) is 0 Å². The second-order valence-corrected chi connectivity index (χ2v) is 10.7. The van der Waals surface area contributed by atoms with Crippen molar-refractivity contribution >= 4 is 11.8 Å². The molecular formula is C29H37N3O3. The summed E-state index contributed by atoms with van der Waals surface area (Å²) in [5, 5.41) is 3.30. The number of carbonyl (C=O) groups excluding carboxylic acids is 2. The van der Waals surface area contributed by atoms with Crippen LogP contribution in [0.3, 0.4) is 0 Å². The largest absolute Gasteiger partial charge is 0.497 e. The minimum atomic E-state index is 0.0632. The topological polar surface area (TPSA) is 61.9 Å². The third-order valence-electron chi connectivity index (χ3n) is 8.05. The number of hydrogen-bond acceptors (Lipinski definition) is 4. The van der Waals surface area contributed by atoms with Gasteiger partial charge in [0, 0.05) is 32.0 Å². The molecule has 0 unspecified atom stereocenters. The maximum absolute atomic E-state index is 12.8. The zero-order valence-corrected chi connectivity index (χ0v) is 20.7. The maximum atomic E-state index is 12.8. The number of hydrogen-bond donors (Lipinski definition) is 1. The van der Waals surface area contributed by atoms with E-state index in [2.05, 4.69) is 22.3 Å². The van der Waals surface area contributed by atoms with E-state index in [4.69, 9.17) is 4.74 Å². The lowest BCUT2D eigenvalue weighted by Crippen LogP contribution is -2.42. The molecule has 186 valence electrons. The highest BCUT2D eigenvalue weighted by Crippen LogP contribution is 2.41. The molecule has 2 aromatic rings. The number of likely N-dealkylation sites (tertiary alicyclic amines) is 2. The first-order valence-corrected chi connectivity index (χ1v) is 13.0. The minimum absolute atomic E-state index is 0.0632. The molecule has 2 amide bonds. The van der Waals surface area contributed by atoms with Gasteiger partial charge in [-0.2, -0.15) is 0 Å². The van der Waals surface area contributed by atoms with E-state index in [0.717, 1.165) is 69.6 Å². The number of methoxy groups -OCH3 is 1. The highest BCUT2D eigenvalue weighted by atomic mass is 16.5. The number of benzene rings is 2. The Hall–Kier alpha value is -2.86. The van der Waals surface area contributed by atoms with Crippen LogP contribution < -0.4 is 10.1 Å². The van der Waals surface area contributed by atoms with Crippen LogP contribution in [-0.2, 0) is 16.1 Å². The Balaban J connectivity index is 1.13. The average molecular weight is 476 g/mol. The van der Waals surface area contributed by atoms with Gasteiger partial charge in [0.15, 0.2) is 0 Å². The van der Waals surface area contributed by atoms with Crippen LogP contribution in [0.4, 0.5) is 0 Å². The number of amides is 2. The van der Waals surface area contributed by atoms with E-state index < -0.39 is 0 Å². The second kappa shape index (κ2) is 10.4. The first kappa shape index (κ1) is 23.9. The Morgan fingerprint density at radius 3 is 2.46 bits per heavy atom. The molecule has 2 saturated heterocycles. The molecule has 1 saturated carbocycles. The van der Waals surface area contributed by atoms with Crippen LogP contribution in [0.5, 0.6) is 5.75 Å². The first-order chi connectivity index (χ1) is 17.0. The number of piperidine rings is 1. The Labute approximate surface area is 208 Å². The molecule has 6 heteroatoms. The van der Waals surface area contributed by atoms with Crippen molar-refractivity contribution in [3.63, 3.8) is 0 Å². The summed E-state index contributed by atoms with van der Waals surface area (Å²) in [5.74, 6) is 1.54. The zero-order valence-electron chi connectivity index (χ0n) is 20.7. The number of nitrogens with zero attached hydrogens (tertiary/aromatic N) is 2. The molecule has 2 heterocycles. The number of ether oxygens (including phenoxy) is 1. The average Bonchev–Trinajstić information content (AvgIpc) is 3.69. The quantitative estimate of drug-likeness (QED) is 0.591. The van der Waals surface area contributed by atoms with E-state index in [1.54, 1.807) is 7.11 Å². The highest BCUT2D eigenvalue weighted by molar-refractivity contribution is 5.81. The van der Waals surface area contributed by atoms with Gasteiger partial charge in [-0.1, -0.05) is 42.5 Å². The summed E-state index contributed by atoms with van der Waals surface area (Å²) in [6.07, 6.45) is 5.75. The molecule has 3 aliphatic rings. The molecule has 1 spiro atoms. The Bertz CT molecular complexity index is 1010. The van der Waals surface area contributed by atoms with Crippen molar-refractivity contribution in [2.45, 2.75) is 51.1 Å². The summed E-state index contributed by atoms with van der Waals surface area (Å²) in [5.41, 5.74) is 2.44. The predicted molar refractivity (Wildman–Crippen MR) is 136 cm³/mol. The summed E-state index contributed by atoms with van der Waals surface area (Å²) in [7, 11) is 1.67. The van der Waals surface area contributed by atoms with Crippen LogP contribution in [0.25, 0.3) is 0 Å². The third kappa shape index (κ3) is 5.87. The van der Waals surface area contributed by atoms with Crippen molar-refractivity contribution in [2.24, 2.45) is 11.3 Å². The standard InChI is InChI=1S/C29H37N3O3/c1-35-25-11-7-22(8-12-25)20-32-21-29(19-27(32)33)14-17-31(18-15-29)16-13-26(23-5-3-2-4-6-23)30-28(34)24-9-10-24/h2-8,11-12,24,26H,9-10,13-21H2,1H3,(H,30,34)/t26-/m0/s1. The molecule has 0 aromatic heterocycles. The van der Waals surface area contributed by atoms with E-state index >= 15 is 0 Å². The van der Waals surface area contributed by atoms with E-state index in [0.29, 0.717) is 13.0 Å². The summed E-state index contributed by atoms with van der Waals surface area (Å²) >= 11 is 0. The van der Waals surface area contributed by atoms with Gasteiger partial charge in [-0.15, -0.1) is 0 Å². The number of carbonyl (C=O) groups is 2. The van der Waals surface area contributed by atoms with E-state index in [9.17, 15) is 9.59 Å². The molecule has 1 aliphatic carbocycles. The van der Waals surface area contributed by atoms with Crippen LogP contribution in [0.1, 0.15) is 55.7 Å². The summed E-state index contributed by atoms with van der Waals surface area (Å²) in [6, 6.07) is 18.4. The molecule has 2 aliphatic heterocycles. The second-order valence-electron chi connectivity index (χ2n) is 10.7. The van der Waals surface area contributed by atoms with Crippen molar-refractivity contribution in [3.05, 3.63) is 65.7 Å². The molecule has 6 nitrogen and oxygen atoms in total. The van der Waals surface area contributed by atoms with Crippen molar-refractivity contribution in [1.82, 2.24) is 15.1 Å². The summed E-state index contributed by atoms with van der Waals surface area (Å²) in [4.78, 5) is 29.9. The summed E-state index contributed by atoms with van der Waals surface area (Å²) < 4.78 is 5.25. The fourth-order valence-corrected chi connectivity index (χ4v) is 5.62. The maximum Gasteiger partial charge on any atom is 0.223 e. The normalized spacial score (nSPS) is 20.7. The lowest BCUT2D eigenvalue weighted by molar-refractivity contribution is -0.128. The fourth-order valence-electron chi connectivity index (χ4n) is 5.62. The SMILES string of the molecule is COc1ccc(CN2CC3(CCN(CC[C@H](NC(=O)C4CC4)c4ccccc4)CC3)CC2=O)cc1. The highest BCUT2D eigenvalue weighted by Gasteiger charge is 2.44. The van der Waals surface area contributed by atoms with Crippen LogP contribution in [0, 0.1) is 11.3 Å². The molecule has 2 aromatic carbocycles. The smallest absolute Gasteiger partial charge is 0.223 e. The third-order valence-corrected chi connectivity index (χ3v) is 8.05. The summed E-state index contributed by atoms with van der Waals surface area (Å²) in [6.45, 7) is 4.52. The molecule has 5 rings (SSSR count). The molecule has 3 fully saturated rings. The van der Waals surface area contributed by atoms with Gasteiger partial charge in [0.25, 0.3) is 0 Å². The Kier molecular flexibility index (Phi) is 7.09. The van der Waals surface area contributed by atoms with Gasteiger partial charge < -0.3 is 19.9 Å². The lowest BCUT2D eigenvalue weighted by atomic mass is 9.77. The van der Waals surface area contributed by atoms with E-state index in [-0.39, 0.29) is 29.2 Å². The van der Waals surface area contributed by atoms with Gasteiger partial charge in [0.1, 0.15) is 5.75 Å². The predicted octanol–water partition coefficient (Wildman–Crippen LogP) is 4.17. The Morgan fingerprint density at radius 1 is 1.09 bits per heavy atom. The zero-order chi connectivity index (χ0) is 24.3. The minimum Gasteiger partial charge on any atom is -0.497 e. The lowest BCUT2D eigenvalue weighted by Gasteiger charge is -2.39. The molecule has 0 radical (unpaired) electrons. The van der Waals surface area contributed by atoms with Crippen LogP contribution in [0.15, 0.2) is 54.6 Å². The van der Waals surface area contributed by atoms with Gasteiger partial charge in [-0.05, 0) is 73.9 Å². The fraction of sp³-hybridized carbons (Fsp3) is 0.517. The number of nitrogens with one attached hydrogen (secondary N) is 1. The van der Waals surface area contributed by atoms with Gasteiger partial charge in [-0.3, -0.25) is 9.59 Å². The number of rotatable bonds is 9. The van der Waals surface area contributed by atoms with Crippen LogP contribution in [0.2, 0.25) is 0 Å².